The van der Waals surface area contributed by atoms with Gasteiger partial charge in [0.25, 0.3) is 5.91 Å². The van der Waals surface area contributed by atoms with Crippen LogP contribution in [0.4, 0.5) is 11.4 Å². The van der Waals surface area contributed by atoms with Crippen molar-refractivity contribution in [2.45, 2.75) is 6.92 Å². The second-order valence-electron chi connectivity index (χ2n) is 4.28. The summed E-state index contributed by atoms with van der Waals surface area (Å²) in [5.41, 5.74) is 8.03. The third-order valence-corrected chi connectivity index (χ3v) is 4.38. The van der Waals surface area contributed by atoms with E-state index >= 15 is 0 Å². The highest BCUT2D eigenvalue weighted by Crippen LogP contribution is 2.29. The second-order valence-corrected chi connectivity index (χ2v) is 5.92. The molecule has 104 valence electrons. The number of rotatable bonds is 2. The monoisotopic (exact) mass is 372 g/mol. The van der Waals surface area contributed by atoms with Gasteiger partial charge >= 0.3 is 0 Å². The van der Waals surface area contributed by atoms with E-state index in [0.29, 0.717) is 11.4 Å². The number of nitrogens with one attached hydrogen (secondary N) is 1. The van der Waals surface area contributed by atoms with Crippen molar-refractivity contribution in [2.75, 3.05) is 11.1 Å². The molecule has 0 saturated carbocycles. The van der Waals surface area contributed by atoms with Crippen LogP contribution in [0.15, 0.2) is 34.8 Å². The Morgan fingerprint density at radius 1 is 1.25 bits per heavy atom. The molecule has 0 heterocycles. The van der Waals surface area contributed by atoms with E-state index in [1.165, 1.54) is 12.1 Å². The molecule has 0 fully saturated rings. The number of nitrogen functional groups attached to an aromatic ring is 1. The van der Waals surface area contributed by atoms with E-state index in [1.54, 1.807) is 6.07 Å². The summed E-state index contributed by atoms with van der Waals surface area (Å²) in [6, 6.07) is 8.51. The molecular weight excluding hydrogens is 363 g/mol. The minimum atomic E-state index is -0.361. The van der Waals surface area contributed by atoms with Crippen LogP contribution in [0.1, 0.15) is 15.9 Å². The summed E-state index contributed by atoms with van der Waals surface area (Å²) in [6.45, 7) is 1.96. The zero-order valence-corrected chi connectivity index (χ0v) is 13.6. The number of hydrogen-bond acceptors (Lipinski definition) is 2. The Balaban J connectivity index is 2.30. The summed E-state index contributed by atoms with van der Waals surface area (Å²) in [7, 11) is 0. The fourth-order valence-corrected chi connectivity index (χ4v) is 2.45. The molecule has 2 rings (SSSR count). The molecule has 0 aliphatic carbocycles. The number of aryl methyl sites for hydroxylation is 1. The van der Waals surface area contributed by atoms with Crippen LogP contribution in [0.25, 0.3) is 0 Å². The zero-order valence-electron chi connectivity index (χ0n) is 10.5. The first kappa shape index (κ1) is 15.2. The van der Waals surface area contributed by atoms with Crippen LogP contribution in [0.2, 0.25) is 10.0 Å². The van der Waals surface area contributed by atoms with Crippen molar-refractivity contribution in [3.8, 4) is 0 Å². The lowest BCUT2D eigenvalue weighted by atomic mass is 10.1. The van der Waals surface area contributed by atoms with E-state index in [0.717, 1.165) is 10.0 Å². The highest BCUT2D eigenvalue weighted by atomic mass is 79.9. The summed E-state index contributed by atoms with van der Waals surface area (Å²) < 4.78 is 0.909. The molecule has 0 saturated heterocycles. The number of carbonyl (C=O) groups is 1. The molecule has 0 aliphatic heterocycles. The van der Waals surface area contributed by atoms with Gasteiger partial charge in [-0.2, -0.15) is 0 Å². The van der Waals surface area contributed by atoms with Crippen molar-refractivity contribution in [3.05, 3.63) is 56.0 Å². The quantitative estimate of drug-likeness (QED) is 0.735. The number of anilines is 2. The van der Waals surface area contributed by atoms with Crippen LogP contribution in [0, 0.1) is 6.92 Å². The Labute approximate surface area is 135 Å². The van der Waals surface area contributed by atoms with E-state index in [2.05, 4.69) is 21.2 Å². The Morgan fingerprint density at radius 3 is 2.60 bits per heavy atom. The number of halogens is 3. The van der Waals surface area contributed by atoms with Gasteiger partial charge in [0.15, 0.2) is 0 Å². The Hall–Kier alpha value is -1.23. The van der Waals surface area contributed by atoms with E-state index in [4.69, 9.17) is 28.9 Å². The minimum Gasteiger partial charge on any atom is -0.399 e. The highest BCUT2D eigenvalue weighted by molar-refractivity contribution is 9.10. The average molecular weight is 374 g/mol. The van der Waals surface area contributed by atoms with Gasteiger partial charge in [-0.15, -0.1) is 0 Å². The van der Waals surface area contributed by atoms with Gasteiger partial charge < -0.3 is 11.1 Å². The van der Waals surface area contributed by atoms with Gasteiger partial charge in [-0.3, -0.25) is 4.79 Å². The van der Waals surface area contributed by atoms with Crippen LogP contribution in [0.3, 0.4) is 0 Å². The van der Waals surface area contributed by atoms with Crippen molar-refractivity contribution in [2.24, 2.45) is 0 Å². The molecule has 6 heteroatoms. The molecule has 0 atom stereocenters. The number of benzene rings is 2. The molecule has 0 aromatic heterocycles. The summed E-state index contributed by atoms with van der Waals surface area (Å²) in [4.78, 5) is 12.2. The van der Waals surface area contributed by atoms with E-state index in [-0.39, 0.29) is 21.5 Å². The molecule has 3 N–H and O–H groups in total. The predicted octanol–water partition coefficient (Wildman–Crippen LogP) is 4.90. The topological polar surface area (TPSA) is 55.1 Å². The molecule has 0 aliphatic rings. The standard InChI is InChI=1S/C14H11BrCl2N2O/c1-7-2-3-9(6-11(7)15)19-14(20)10-4-8(18)5-12(16)13(10)17/h2-6H,18H2,1H3,(H,19,20). The molecular formula is C14H11BrCl2N2O. The van der Waals surface area contributed by atoms with E-state index in [1.807, 2.05) is 19.1 Å². The largest absolute Gasteiger partial charge is 0.399 e. The van der Waals surface area contributed by atoms with Gasteiger partial charge in [0.05, 0.1) is 15.6 Å². The Bertz CT molecular complexity index is 689. The minimum absolute atomic E-state index is 0.185. The summed E-state index contributed by atoms with van der Waals surface area (Å²) in [5.74, 6) is -0.361. The maximum atomic E-state index is 12.2. The first-order valence-electron chi connectivity index (χ1n) is 5.70. The molecule has 2 aromatic rings. The van der Waals surface area contributed by atoms with Gasteiger partial charge in [0, 0.05) is 15.8 Å². The lowest BCUT2D eigenvalue weighted by molar-refractivity contribution is 0.102. The van der Waals surface area contributed by atoms with Crippen molar-refractivity contribution in [3.63, 3.8) is 0 Å². The fourth-order valence-electron chi connectivity index (χ4n) is 1.64. The first-order valence-corrected chi connectivity index (χ1v) is 7.25. The van der Waals surface area contributed by atoms with Crippen molar-refractivity contribution in [1.29, 1.82) is 0 Å². The van der Waals surface area contributed by atoms with Crippen LogP contribution >= 0.6 is 39.1 Å². The second kappa shape index (κ2) is 6.04. The summed E-state index contributed by atoms with van der Waals surface area (Å²) in [5, 5.41) is 3.19. The molecule has 2 aromatic carbocycles. The number of amides is 1. The number of nitrogens with two attached hydrogens (primary N) is 1. The lowest BCUT2D eigenvalue weighted by Gasteiger charge is -2.10. The summed E-state index contributed by atoms with van der Waals surface area (Å²) >= 11 is 15.3. The highest BCUT2D eigenvalue weighted by Gasteiger charge is 2.14. The first-order chi connectivity index (χ1) is 9.38. The smallest absolute Gasteiger partial charge is 0.257 e. The Morgan fingerprint density at radius 2 is 1.95 bits per heavy atom. The van der Waals surface area contributed by atoms with Crippen LogP contribution < -0.4 is 11.1 Å². The zero-order chi connectivity index (χ0) is 14.9. The number of carbonyl (C=O) groups excluding carboxylic acids is 1. The van der Waals surface area contributed by atoms with Gasteiger partial charge in [0.2, 0.25) is 0 Å². The lowest BCUT2D eigenvalue weighted by Crippen LogP contribution is -2.13. The molecule has 1 amide bonds. The van der Waals surface area contributed by atoms with E-state index < -0.39 is 0 Å². The SMILES string of the molecule is Cc1ccc(NC(=O)c2cc(N)cc(Cl)c2Cl)cc1Br. The van der Waals surface area contributed by atoms with Crippen LogP contribution in [-0.4, -0.2) is 5.91 Å². The maximum Gasteiger partial charge on any atom is 0.257 e. The molecule has 20 heavy (non-hydrogen) atoms. The third kappa shape index (κ3) is 3.26. The maximum absolute atomic E-state index is 12.2. The molecule has 0 spiro atoms. The normalized spacial score (nSPS) is 10.4. The van der Waals surface area contributed by atoms with Crippen molar-refractivity contribution in [1.82, 2.24) is 0 Å². The van der Waals surface area contributed by atoms with E-state index in [9.17, 15) is 4.79 Å². The van der Waals surface area contributed by atoms with Crippen molar-refractivity contribution >= 4 is 56.4 Å². The van der Waals surface area contributed by atoms with Gasteiger partial charge in [0.1, 0.15) is 0 Å². The Kier molecular flexibility index (Phi) is 4.58. The summed E-state index contributed by atoms with van der Waals surface area (Å²) in [6.07, 6.45) is 0. The van der Waals surface area contributed by atoms with Gasteiger partial charge in [-0.05, 0) is 36.8 Å². The molecule has 3 nitrogen and oxygen atoms in total. The average Bonchev–Trinajstić information content (AvgIpc) is 2.38. The van der Waals surface area contributed by atoms with Gasteiger partial charge in [-0.1, -0.05) is 45.2 Å². The van der Waals surface area contributed by atoms with Crippen LogP contribution in [-0.2, 0) is 0 Å². The predicted molar refractivity (Wildman–Crippen MR) is 87.7 cm³/mol. The molecule has 0 bridgehead atoms. The van der Waals surface area contributed by atoms with Crippen molar-refractivity contribution < 1.29 is 4.79 Å². The third-order valence-electron chi connectivity index (χ3n) is 2.72. The van der Waals surface area contributed by atoms with Gasteiger partial charge in [-0.25, -0.2) is 0 Å². The molecule has 0 unspecified atom stereocenters. The fraction of sp³-hybridized carbons (Fsp3) is 0.0714. The van der Waals surface area contributed by atoms with Crippen LogP contribution in [0.5, 0.6) is 0 Å². The number of hydrogen-bond donors (Lipinski definition) is 2. The molecule has 0 radical (unpaired) electrons.